The SMILES string of the molecule is COc1cc(/C=C2\SC(=O)N(CCOc3cccc(C)c3)C2=O)ccc1OCC(=O)Nc1ccc(Cl)cc1. The molecule has 196 valence electrons. The summed E-state index contributed by atoms with van der Waals surface area (Å²) in [6.45, 7) is 2.06. The van der Waals surface area contributed by atoms with E-state index in [0.717, 1.165) is 17.3 Å². The molecule has 1 N–H and O–H groups in total. The van der Waals surface area contributed by atoms with Crippen LogP contribution in [0, 0.1) is 6.92 Å². The van der Waals surface area contributed by atoms with Gasteiger partial charge in [-0.2, -0.15) is 0 Å². The van der Waals surface area contributed by atoms with Gasteiger partial charge in [0.15, 0.2) is 18.1 Å². The molecule has 38 heavy (non-hydrogen) atoms. The van der Waals surface area contributed by atoms with E-state index < -0.39 is 0 Å². The van der Waals surface area contributed by atoms with Crippen LogP contribution in [0.25, 0.3) is 6.08 Å². The highest BCUT2D eigenvalue weighted by Crippen LogP contribution is 2.34. The molecule has 0 saturated carbocycles. The van der Waals surface area contributed by atoms with Crippen LogP contribution in [0.2, 0.25) is 5.02 Å². The van der Waals surface area contributed by atoms with Gasteiger partial charge in [-0.05, 0) is 84.4 Å². The fourth-order valence-electron chi connectivity index (χ4n) is 3.57. The average molecular weight is 553 g/mol. The van der Waals surface area contributed by atoms with Crippen molar-refractivity contribution < 1.29 is 28.6 Å². The normalized spacial score (nSPS) is 14.1. The van der Waals surface area contributed by atoms with Crippen LogP contribution in [0.4, 0.5) is 10.5 Å². The number of carbonyl (C=O) groups excluding carboxylic acids is 3. The Morgan fingerprint density at radius 2 is 1.82 bits per heavy atom. The van der Waals surface area contributed by atoms with Gasteiger partial charge in [0.1, 0.15) is 12.4 Å². The number of nitrogens with one attached hydrogen (secondary N) is 1. The van der Waals surface area contributed by atoms with Gasteiger partial charge in [0.2, 0.25) is 0 Å². The first-order chi connectivity index (χ1) is 18.3. The molecule has 3 aromatic rings. The number of imide groups is 1. The lowest BCUT2D eigenvalue weighted by Gasteiger charge is -2.13. The quantitative estimate of drug-likeness (QED) is 0.318. The monoisotopic (exact) mass is 552 g/mol. The molecule has 0 spiro atoms. The number of hydrogen-bond acceptors (Lipinski definition) is 7. The van der Waals surface area contributed by atoms with Crippen molar-refractivity contribution in [3.05, 3.63) is 87.8 Å². The third-order valence-electron chi connectivity index (χ3n) is 5.42. The summed E-state index contributed by atoms with van der Waals surface area (Å²) in [5, 5.41) is 2.93. The van der Waals surface area contributed by atoms with E-state index in [2.05, 4.69) is 5.32 Å². The standard InChI is InChI=1S/C28H25ClN2O6S/c1-18-4-3-5-22(14-18)36-13-12-31-27(33)25(38-28(31)34)16-19-6-11-23(24(15-19)35-2)37-17-26(32)30-21-9-7-20(29)8-10-21/h3-11,14-16H,12-13,17H2,1-2H3,(H,30,32)/b25-16-. The first-order valence-electron chi connectivity index (χ1n) is 11.6. The van der Waals surface area contributed by atoms with E-state index in [1.165, 1.54) is 12.0 Å². The van der Waals surface area contributed by atoms with Crippen LogP contribution >= 0.6 is 23.4 Å². The largest absolute Gasteiger partial charge is 0.493 e. The zero-order valence-corrected chi connectivity index (χ0v) is 22.3. The summed E-state index contributed by atoms with van der Waals surface area (Å²) < 4.78 is 16.7. The minimum absolute atomic E-state index is 0.143. The van der Waals surface area contributed by atoms with Crippen LogP contribution in [-0.4, -0.2) is 48.8 Å². The van der Waals surface area contributed by atoms with Crippen LogP contribution in [0.1, 0.15) is 11.1 Å². The number of nitrogens with zero attached hydrogens (tertiary/aromatic N) is 1. The number of rotatable bonds is 10. The summed E-state index contributed by atoms with van der Waals surface area (Å²) in [6.07, 6.45) is 1.62. The van der Waals surface area contributed by atoms with Crippen molar-refractivity contribution in [3.8, 4) is 17.2 Å². The second kappa shape index (κ2) is 12.5. The van der Waals surface area contributed by atoms with Crippen molar-refractivity contribution in [2.45, 2.75) is 6.92 Å². The van der Waals surface area contributed by atoms with Crippen LogP contribution in [0.3, 0.4) is 0 Å². The number of thioether (sulfide) groups is 1. The second-order valence-electron chi connectivity index (χ2n) is 8.25. The van der Waals surface area contributed by atoms with Crippen molar-refractivity contribution in [3.63, 3.8) is 0 Å². The number of carbonyl (C=O) groups is 3. The van der Waals surface area contributed by atoms with Gasteiger partial charge < -0.3 is 19.5 Å². The summed E-state index contributed by atoms with van der Waals surface area (Å²) in [5.74, 6) is 0.690. The molecule has 1 heterocycles. The molecule has 8 nitrogen and oxygen atoms in total. The van der Waals surface area contributed by atoms with Crippen LogP contribution in [0.15, 0.2) is 71.6 Å². The molecule has 0 aromatic heterocycles. The molecule has 0 aliphatic carbocycles. The summed E-state index contributed by atoms with van der Waals surface area (Å²) in [7, 11) is 1.47. The number of halogens is 1. The molecule has 1 saturated heterocycles. The zero-order valence-electron chi connectivity index (χ0n) is 20.7. The lowest BCUT2D eigenvalue weighted by Crippen LogP contribution is -2.32. The Kier molecular flexibility index (Phi) is 8.93. The van der Waals surface area contributed by atoms with Crippen LogP contribution < -0.4 is 19.5 Å². The Bertz CT molecular complexity index is 1380. The number of benzene rings is 3. The highest BCUT2D eigenvalue weighted by atomic mass is 35.5. The zero-order chi connectivity index (χ0) is 27.1. The van der Waals surface area contributed by atoms with E-state index >= 15 is 0 Å². The van der Waals surface area contributed by atoms with E-state index in [9.17, 15) is 14.4 Å². The third-order valence-corrected chi connectivity index (χ3v) is 6.58. The minimum Gasteiger partial charge on any atom is -0.493 e. The molecule has 0 radical (unpaired) electrons. The van der Waals surface area contributed by atoms with E-state index in [1.807, 2.05) is 31.2 Å². The summed E-state index contributed by atoms with van der Waals surface area (Å²) in [5.41, 5.74) is 2.30. The fourth-order valence-corrected chi connectivity index (χ4v) is 4.56. The molecule has 3 aromatic carbocycles. The minimum atomic E-state index is -0.383. The maximum absolute atomic E-state index is 12.8. The van der Waals surface area contributed by atoms with Crippen molar-refractivity contribution in [1.82, 2.24) is 4.90 Å². The third kappa shape index (κ3) is 7.08. The van der Waals surface area contributed by atoms with Gasteiger partial charge in [0.25, 0.3) is 17.1 Å². The Hall–Kier alpha value is -3.95. The number of anilines is 1. The van der Waals surface area contributed by atoms with Gasteiger partial charge in [-0.1, -0.05) is 29.8 Å². The van der Waals surface area contributed by atoms with Gasteiger partial charge >= 0.3 is 0 Å². The maximum Gasteiger partial charge on any atom is 0.293 e. The van der Waals surface area contributed by atoms with Crippen molar-refractivity contribution in [1.29, 1.82) is 0 Å². The van der Waals surface area contributed by atoms with E-state index in [0.29, 0.717) is 38.4 Å². The Morgan fingerprint density at radius 3 is 2.55 bits per heavy atom. The Labute approximate surface area is 229 Å². The predicted octanol–water partition coefficient (Wildman–Crippen LogP) is 5.79. The number of ether oxygens (including phenoxy) is 3. The highest BCUT2D eigenvalue weighted by molar-refractivity contribution is 8.18. The molecule has 1 aliphatic heterocycles. The maximum atomic E-state index is 12.8. The van der Waals surface area contributed by atoms with Crippen LogP contribution in [-0.2, 0) is 9.59 Å². The lowest BCUT2D eigenvalue weighted by atomic mass is 10.2. The van der Waals surface area contributed by atoms with Gasteiger partial charge in [-0.25, -0.2) is 0 Å². The molecule has 0 atom stereocenters. The van der Waals surface area contributed by atoms with Crippen molar-refractivity contribution in [2.75, 3.05) is 32.2 Å². The van der Waals surface area contributed by atoms with E-state index in [-0.39, 0.29) is 36.8 Å². The van der Waals surface area contributed by atoms with Crippen molar-refractivity contribution >= 4 is 52.2 Å². The first kappa shape index (κ1) is 27.1. The predicted molar refractivity (Wildman–Crippen MR) is 148 cm³/mol. The number of methoxy groups -OCH3 is 1. The molecule has 0 bridgehead atoms. The summed E-state index contributed by atoms with van der Waals surface area (Å²) in [4.78, 5) is 39.0. The van der Waals surface area contributed by atoms with Crippen molar-refractivity contribution in [2.24, 2.45) is 0 Å². The molecule has 10 heteroatoms. The topological polar surface area (TPSA) is 94.2 Å². The van der Waals surface area contributed by atoms with E-state index in [4.69, 9.17) is 25.8 Å². The molecule has 3 amide bonds. The number of hydrogen-bond donors (Lipinski definition) is 1. The molecule has 1 aliphatic rings. The number of amides is 3. The first-order valence-corrected chi connectivity index (χ1v) is 12.8. The summed E-state index contributed by atoms with van der Waals surface area (Å²) in [6, 6.07) is 19.3. The van der Waals surface area contributed by atoms with E-state index in [1.54, 1.807) is 48.5 Å². The molecule has 0 unspecified atom stereocenters. The van der Waals surface area contributed by atoms with Crippen LogP contribution in [0.5, 0.6) is 17.2 Å². The molecule has 1 fully saturated rings. The smallest absolute Gasteiger partial charge is 0.293 e. The fraction of sp³-hybridized carbons (Fsp3) is 0.179. The van der Waals surface area contributed by atoms with Gasteiger partial charge in [-0.3, -0.25) is 19.3 Å². The highest BCUT2D eigenvalue weighted by Gasteiger charge is 2.34. The van der Waals surface area contributed by atoms with Gasteiger partial charge in [0.05, 0.1) is 18.6 Å². The lowest BCUT2D eigenvalue weighted by molar-refractivity contribution is -0.123. The Morgan fingerprint density at radius 1 is 1.03 bits per heavy atom. The Balaban J connectivity index is 1.35. The number of aryl methyl sites for hydroxylation is 1. The second-order valence-corrected chi connectivity index (χ2v) is 9.68. The molecular weight excluding hydrogens is 528 g/mol. The molecule has 4 rings (SSSR count). The summed E-state index contributed by atoms with van der Waals surface area (Å²) >= 11 is 6.73. The van der Waals surface area contributed by atoms with Gasteiger partial charge in [0, 0.05) is 10.7 Å². The molecular formula is C28H25ClN2O6S. The van der Waals surface area contributed by atoms with Gasteiger partial charge in [-0.15, -0.1) is 0 Å². The average Bonchev–Trinajstić information content (AvgIpc) is 3.16.